The molecule has 3 rings (SSSR count). The molecule has 3 N–H and O–H groups in total. The number of hydrogen-bond acceptors (Lipinski definition) is 9. The van der Waals surface area contributed by atoms with E-state index in [-0.39, 0.29) is 21.2 Å². The predicted octanol–water partition coefficient (Wildman–Crippen LogP) is 3.90. The summed E-state index contributed by atoms with van der Waals surface area (Å²) in [6, 6.07) is 5.36. The van der Waals surface area contributed by atoms with Crippen LogP contribution in [0.1, 0.15) is 50.0 Å². The molecule has 186 valence electrons. The number of nitrogens with zero attached hydrogens (tertiary/aromatic N) is 3. The molecule has 3 aromatic rings. The van der Waals surface area contributed by atoms with Gasteiger partial charge < -0.3 is 25.1 Å². The largest absolute Gasteiger partial charge is 0.482 e. The van der Waals surface area contributed by atoms with Crippen LogP contribution in [0, 0.1) is 13.8 Å². The Morgan fingerprint density at radius 1 is 1.29 bits per heavy atom. The number of esters is 1. The fraction of sp³-hybridized carbons (Fsp3) is 0.318. The Bertz CT molecular complexity index is 1290. The average Bonchev–Trinajstić information content (AvgIpc) is 3.33. The van der Waals surface area contributed by atoms with Crippen molar-refractivity contribution in [1.82, 2.24) is 14.8 Å². The van der Waals surface area contributed by atoms with E-state index in [4.69, 9.17) is 26.8 Å². The second-order valence-corrected chi connectivity index (χ2v) is 9.92. The van der Waals surface area contributed by atoms with E-state index in [1.165, 1.54) is 7.11 Å². The number of benzene rings is 1. The fourth-order valence-electron chi connectivity index (χ4n) is 3.27. The Morgan fingerprint density at radius 3 is 2.63 bits per heavy atom. The molecule has 0 aliphatic rings. The summed E-state index contributed by atoms with van der Waals surface area (Å²) < 4.78 is 12.5. The molecule has 1 atom stereocenters. The van der Waals surface area contributed by atoms with Gasteiger partial charge >= 0.3 is 5.97 Å². The molecule has 0 aliphatic heterocycles. The molecule has 0 aliphatic carbocycles. The molecule has 1 aromatic carbocycles. The van der Waals surface area contributed by atoms with Crippen molar-refractivity contribution in [3.63, 3.8) is 0 Å². The highest BCUT2D eigenvalue weighted by Crippen LogP contribution is 2.34. The predicted molar refractivity (Wildman–Crippen MR) is 135 cm³/mol. The van der Waals surface area contributed by atoms with Gasteiger partial charge in [-0.05, 0) is 50.1 Å². The second kappa shape index (κ2) is 11.1. The first-order valence-electron chi connectivity index (χ1n) is 10.3. The van der Waals surface area contributed by atoms with Gasteiger partial charge in [0.25, 0.3) is 5.91 Å². The number of thioether (sulfide) groups is 1. The molecule has 0 saturated carbocycles. The highest BCUT2D eigenvalue weighted by molar-refractivity contribution is 7.99. The quantitative estimate of drug-likeness (QED) is 0.309. The van der Waals surface area contributed by atoms with E-state index in [9.17, 15) is 14.4 Å². The number of amides is 2. The summed E-state index contributed by atoms with van der Waals surface area (Å²) in [5.74, 6) is -0.512. The van der Waals surface area contributed by atoms with Crippen LogP contribution < -0.4 is 15.8 Å². The second-order valence-electron chi connectivity index (χ2n) is 7.52. The number of carbonyl (C=O) groups excluding carboxylic acids is 3. The first kappa shape index (κ1) is 26.5. The highest BCUT2D eigenvalue weighted by atomic mass is 35.5. The Morgan fingerprint density at radius 2 is 2.00 bits per heavy atom. The number of nitrogens with two attached hydrogens (primary N) is 1. The van der Waals surface area contributed by atoms with Crippen molar-refractivity contribution in [3.05, 3.63) is 50.6 Å². The number of thiophene rings is 1. The lowest BCUT2D eigenvalue weighted by molar-refractivity contribution is -0.113. The first-order valence-corrected chi connectivity index (χ1v) is 12.5. The van der Waals surface area contributed by atoms with Crippen LogP contribution in [0.5, 0.6) is 5.75 Å². The van der Waals surface area contributed by atoms with E-state index in [1.54, 1.807) is 30.7 Å². The number of methoxy groups -OCH3 is 1. The van der Waals surface area contributed by atoms with Gasteiger partial charge in [0, 0.05) is 12.1 Å². The molecule has 2 amide bonds. The van der Waals surface area contributed by atoms with Crippen LogP contribution in [0.3, 0.4) is 0 Å². The monoisotopic (exact) mass is 537 g/mol. The summed E-state index contributed by atoms with van der Waals surface area (Å²) in [4.78, 5) is 36.6. The Kier molecular flexibility index (Phi) is 8.41. The third kappa shape index (κ3) is 5.95. The van der Waals surface area contributed by atoms with Crippen molar-refractivity contribution in [1.29, 1.82) is 0 Å². The SMILES string of the molecule is COC(=O)c1c(NC(=O)CSc2nnc(C(C)Oc3ccc(Cl)cc3C)n2C)sc(C(N)=O)c1C. The number of aryl methyl sites for hydroxylation is 1. The number of nitrogens with one attached hydrogen (secondary N) is 1. The number of hydrogen-bond donors (Lipinski definition) is 2. The van der Waals surface area contributed by atoms with Gasteiger partial charge in [0.2, 0.25) is 5.91 Å². The van der Waals surface area contributed by atoms with E-state index in [1.807, 2.05) is 19.9 Å². The Balaban J connectivity index is 1.68. The molecule has 0 spiro atoms. The molecular weight excluding hydrogens is 514 g/mol. The molecule has 0 radical (unpaired) electrons. The van der Waals surface area contributed by atoms with Crippen LogP contribution in [0.4, 0.5) is 5.00 Å². The standard InChI is InChI=1S/C22H24ClN5O5S2/c1-10-8-13(23)6-7-14(10)33-12(3)19-26-27-22(28(19)4)34-9-15(29)25-20-16(21(31)32-5)11(2)17(35-20)18(24)30/h6-8,12H,9H2,1-5H3,(H2,24,30)(H,25,29). The minimum atomic E-state index is -0.690. The maximum Gasteiger partial charge on any atom is 0.341 e. The minimum absolute atomic E-state index is 0.0129. The summed E-state index contributed by atoms with van der Waals surface area (Å²) in [7, 11) is 3.00. The lowest BCUT2D eigenvalue weighted by Gasteiger charge is -2.16. The molecule has 35 heavy (non-hydrogen) atoms. The third-order valence-electron chi connectivity index (χ3n) is 5.02. The van der Waals surface area contributed by atoms with Gasteiger partial charge in [-0.2, -0.15) is 0 Å². The van der Waals surface area contributed by atoms with Crippen LogP contribution in [0.25, 0.3) is 0 Å². The van der Waals surface area contributed by atoms with Crippen LogP contribution in [-0.2, 0) is 16.6 Å². The molecule has 2 heterocycles. The van der Waals surface area contributed by atoms with Crippen molar-refractivity contribution in [2.45, 2.75) is 32.0 Å². The number of carbonyl (C=O) groups is 3. The molecule has 0 saturated heterocycles. The van der Waals surface area contributed by atoms with Crippen LogP contribution in [-0.4, -0.2) is 45.4 Å². The van der Waals surface area contributed by atoms with Gasteiger partial charge in [-0.25, -0.2) is 4.79 Å². The zero-order valence-electron chi connectivity index (χ0n) is 19.7. The lowest BCUT2D eigenvalue weighted by Crippen LogP contribution is -2.16. The lowest BCUT2D eigenvalue weighted by atomic mass is 10.1. The maximum atomic E-state index is 12.6. The molecule has 0 fully saturated rings. The number of primary amides is 1. The molecule has 13 heteroatoms. The summed E-state index contributed by atoms with van der Waals surface area (Å²) in [6.07, 6.45) is -0.403. The molecule has 0 bridgehead atoms. The van der Waals surface area contributed by atoms with Crippen molar-refractivity contribution >= 4 is 57.5 Å². The van der Waals surface area contributed by atoms with Crippen molar-refractivity contribution in [3.8, 4) is 5.75 Å². The summed E-state index contributed by atoms with van der Waals surface area (Å²) in [5.41, 5.74) is 6.74. The molecule has 1 unspecified atom stereocenters. The normalized spacial score (nSPS) is 11.7. The van der Waals surface area contributed by atoms with Crippen molar-refractivity contribution < 1.29 is 23.9 Å². The number of halogens is 1. The van der Waals surface area contributed by atoms with E-state index < -0.39 is 23.9 Å². The van der Waals surface area contributed by atoms with Gasteiger partial charge in [-0.3, -0.25) is 9.59 Å². The average molecular weight is 538 g/mol. The van der Waals surface area contributed by atoms with Gasteiger partial charge in [0.1, 0.15) is 10.8 Å². The van der Waals surface area contributed by atoms with Crippen LogP contribution >= 0.6 is 34.7 Å². The van der Waals surface area contributed by atoms with Crippen LogP contribution in [0.2, 0.25) is 5.02 Å². The van der Waals surface area contributed by atoms with Crippen LogP contribution in [0.15, 0.2) is 23.4 Å². The fourth-order valence-corrected chi connectivity index (χ4v) is 5.28. The summed E-state index contributed by atoms with van der Waals surface area (Å²) in [6.45, 7) is 5.32. The van der Waals surface area contributed by atoms with E-state index in [0.29, 0.717) is 27.3 Å². The topological polar surface area (TPSA) is 138 Å². The Labute approximate surface area is 215 Å². The summed E-state index contributed by atoms with van der Waals surface area (Å²) in [5, 5.41) is 12.4. The van der Waals surface area contributed by atoms with Gasteiger partial charge in [-0.15, -0.1) is 21.5 Å². The van der Waals surface area contributed by atoms with Crippen molar-refractivity contribution in [2.24, 2.45) is 12.8 Å². The van der Waals surface area contributed by atoms with Gasteiger partial charge in [-0.1, -0.05) is 23.4 Å². The highest BCUT2D eigenvalue weighted by Gasteiger charge is 2.26. The summed E-state index contributed by atoms with van der Waals surface area (Å²) >= 11 is 8.09. The zero-order chi connectivity index (χ0) is 25.9. The smallest absolute Gasteiger partial charge is 0.341 e. The van der Waals surface area contributed by atoms with E-state index >= 15 is 0 Å². The number of rotatable bonds is 9. The maximum absolute atomic E-state index is 12.6. The molecule has 10 nitrogen and oxygen atoms in total. The van der Waals surface area contributed by atoms with Crippen molar-refractivity contribution in [2.75, 3.05) is 18.2 Å². The third-order valence-corrected chi connectivity index (χ3v) is 7.50. The van der Waals surface area contributed by atoms with Gasteiger partial charge in [0.15, 0.2) is 17.1 Å². The molecule has 2 aromatic heterocycles. The Hall–Kier alpha value is -3.09. The number of anilines is 1. The van der Waals surface area contributed by atoms with E-state index in [0.717, 1.165) is 28.7 Å². The zero-order valence-corrected chi connectivity index (χ0v) is 22.1. The van der Waals surface area contributed by atoms with E-state index in [2.05, 4.69) is 15.5 Å². The molecular formula is C22H24ClN5O5S2. The number of ether oxygens (including phenoxy) is 2. The minimum Gasteiger partial charge on any atom is -0.482 e. The number of aromatic nitrogens is 3. The van der Waals surface area contributed by atoms with Gasteiger partial charge in [0.05, 0.1) is 23.3 Å². The first-order chi connectivity index (χ1) is 16.5.